The van der Waals surface area contributed by atoms with Crippen molar-refractivity contribution in [3.63, 3.8) is 0 Å². The average Bonchev–Trinajstić information content (AvgIpc) is 3.18. The average molecular weight is 778 g/mol. The predicted octanol–water partition coefficient (Wildman–Crippen LogP) is 8.12. The summed E-state index contributed by atoms with van der Waals surface area (Å²) in [6.07, 6.45) is 2.46. The highest BCUT2D eigenvalue weighted by Gasteiger charge is 2.31. The molecule has 0 radical (unpaired) electrons. The SMILES string of the molecule is CCN1CCC(C)[C@@H](OC(=O)N(Cc2ccc(C(=O)O[C@@H](Cc3c(Cl)cncc3Cl)c3ccc(OC)c(OC)c3)cc2)c2cccc(C(=O)N(C)C)c2)C1. The molecule has 2 heterocycles. The fraction of sp³-hybridized carbons (Fsp3) is 0.366. The number of benzene rings is 3. The van der Waals surface area contributed by atoms with E-state index < -0.39 is 18.2 Å². The van der Waals surface area contributed by atoms with Gasteiger partial charge >= 0.3 is 12.1 Å². The van der Waals surface area contributed by atoms with Crippen LogP contribution in [-0.4, -0.2) is 86.8 Å². The molecule has 1 fully saturated rings. The first-order valence-corrected chi connectivity index (χ1v) is 18.5. The lowest BCUT2D eigenvalue weighted by Crippen LogP contribution is -2.46. The van der Waals surface area contributed by atoms with E-state index >= 15 is 0 Å². The van der Waals surface area contributed by atoms with Crippen LogP contribution in [0.15, 0.2) is 79.1 Å². The van der Waals surface area contributed by atoms with Gasteiger partial charge in [0.2, 0.25) is 0 Å². The molecule has 0 bridgehead atoms. The molecular weight excluding hydrogens is 731 g/mol. The molecular formula is C41H46Cl2N4O7. The number of halogens is 2. The zero-order valence-corrected chi connectivity index (χ0v) is 32.9. The second kappa shape index (κ2) is 18.5. The second-order valence-corrected chi connectivity index (χ2v) is 14.2. The van der Waals surface area contributed by atoms with Gasteiger partial charge in [0, 0.05) is 50.7 Å². The highest BCUT2D eigenvalue weighted by atomic mass is 35.5. The summed E-state index contributed by atoms with van der Waals surface area (Å²) in [7, 11) is 6.42. The quantitative estimate of drug-likeness (QED) is 0.124. The van der Waals surface area contributed by atoms with Crippen LogP contribution in [0.1, 0.15) is 63.8 Å². The van der Waals surface area contributed by atoms with Crippen LogP contribution in [0.2, 0.25) is 10.0 Å². The van der Waals surface area contributed by atoms with E-state index in [1.165, 1.54) is 36.4 Å². The van der Waals surface area contributed by atoms with Crippen LogP contribution in [0.25, 0.3) is 0 Å². The zero-order chi connectivity index (χ0) is 38.9. The van der Waals surface area contributed by atoms with Crippen molar-refractivity contribution in [2.45, 2.75) is 45.4 Å². The van der Waals surface area contributed by atoms with Gasteiger partial charge in [0.15, 0.2) is 11.5 Å². The molecule has 1 aromatic heterocycles. The molecule has 3 aromatic carbocycles. The van der Waals surface area contributed by atoms with Crippen molar-refractivity contribution in [2.75, 3.05) is 52.8 Å². The number of nitrogens with zero attached hydrogens (tertiary/aromatic N) is 4. The monoisotopic (exact) mass is 776 g/mol. The number of ether oxygens (including phenoxy) is 4. The molecule has 13 heteroatoms. The number of carbonyl (C=O) groups excluding carboxylic acids is 3. The van der Waals surface area contributed by atoms with E-state index in [-0.39, 0.29) is 30.9 Å². The number of anilines is 1. The smallest absolute Gasteiger partial charge is 0.414 e. The molecule has 11 nitrogen and oxygen atoms in total. The van der Waals surface area contributed by atoms with Gasteiger partial charge in [-0.25, -0.2) is 9.59 Å². The number of rotatable bonds is 13. The highest BCUT2D eigenvalue weighted by Crippen LogP contribution is 2.36. The molecule has 5 rings (SSSR count). The fourth-order valence-electron chi connectivity index (χ4n) is 6.28. The third-order valence-electron chi connectivity index (χ3n) is 9.61. The van der Waals surface area contributed by atoms with E-state index in [2.05, 4.69) is 23.7 Å². The lowest BCUT2D eigenvalue weighted by atomic mass is 9.96. The Kier molecular flexibility index (Phi) is 13.8. The van der Waals surface area contributed by atoms with Gasteiger partial charge in [-0.15, -0.1) is 0 Å². The van der Waals surface area contributed by atoms with E-state index in [4.69, 9.17) is 42.1 Å². The van der Waals surface area contributed by atoms with Gasteiger partial charge in [0.25, 0.3) is 5.91 Å². The van der Waals surface area contributed by atoms with Crippen molar-refractivity contribution in [2.24, 2.45) is 5.92 Å². The van der Waals surface area contributed by atoms with Crippen LogP contribution in [0.4, 0.5) is 10.5 Å². The van der Waals surface area contributed by atoms with Crippen molar-refractivity contribution in [1.82, 2.24) is 14.8 Å². The van der Waals surface area contributed by atoms with Crippen LogP contribution in [0.5, 0.6) is 11.5 Å². The van der Waals surface area contributed by atoms with E-state index in [1.807, 2.05) is 0 Å². The Balaban J connectivity index is 1.40. The molecule has 2 amide bonds. The first-order chi connectivity index (χ1) is 25.9. The van der Waals surface area contributed by atoms with Crippen LogP contribution in [-0.2, 0) is 22.4 Å². The molecule has 0 aliphatic carbocycles. The molecule has 0 saturated carbocycles. The minimum absolute atomic E-state index is 0.125. The first-order valence-electron chi connectivity index (χ1n) is 17.7. The topological polar surface area (TPSA) is 111 Å². The summed E-state index contributed by atoms with van der Waals surface area (Å²) >= 11 is 12.9. The normalized spacial score (nSPS) is 16.2. The minimum atomic E-state index is -0.803. The number of likely N-dealkylation sites (N-methyl/N-ethyl adjacent to an activating group) is 1. The van der Waals surface area contributed by atoms with Gasteiger partial charge in [-0.3, -0.25) is 19.6 Å². The number of pyridine rings is 1. The van der Waals surface area contributed by atoms with Gasteiger partial charge in [-0.05, 0) is 84.6 Å². The highest BCUT2D eigenvalue weighted by molar-refractivity contribution is 6.35. The summed E-state index contributed by atoms with van der Waals surface area (Å²) in [5, 5.41) is 0.683. The summed E-state index contributed by atoms with van der Waals surface area (Å²) in [5.41, 5.74) is 3.18. The Bertz CT molecular complexity index is 1920. The van der Waals surface area contributed by atoms with Gasteiger partial charge in [0.05, 0.1) is 36.4 Å². The second-order valence-electron chi connectivity index (χ2n) is 13.4. The summed E-state index contributed by atoms with van der Waals surface area (Å²) in [6.45, 7) is 6.79. The maximum absolute atomic E-state index is 14.0. The lowest BCUT2D eigenvalue weighted by molar-refractivity contribution is 0.0143. The van der Waals surface area contributed by atoms with E-state index in [0.717, 1.165) is 25.1 Å². The van der Waals surface area contributed by atoms with Crippen molar-refractivity contribution >= 4 is 46.9 Å². The molecule has 1 aliphatic rings. The Labute approximate surface area is 326 Å². The van der Waals surface area contributed by atoms with E-state index in [0.29, 0.717) is 56.0 Å². The number of hydrogen-bond donors (Lipinski definition) is 0. The third-order valence-corrected chi connectivity index (χ3v) is 10.3. The maximum Gasteiger partial charge on any atom is 0.414 e. The van der Waals surface area contributed by atoms with Crippen molar-refractivity contribution in [1.29, 1.82) is 0 Å². The van der Waals surface area contributed by atoms with Gasteiger partial charge in [0.1, 0.15) is 12.2 Å². The maximum atomic E-state index is 14.0. The van der Waals surface area contributed by atoms with Gasteiger partial charge in [-0.2, -0.15) is 0 Å². The Morgan fingerprint density at radius 3 is 2.28 bits per heavy atom. The minimum Gasteiger partial charge on any atom is -0.493 e. The molecule has 1 saturated heterocycles. The summed E-state index contributed by atoms with van der Waals surface area (Å²) < 4.78 is 23.2. The summed E-state index contributed by atoms with van der Waals surface area (Å²) in [5.74, 6) is 0.409. The number of likely N-dealkylation sites (tertiary alicyclic amines) is 1. The lowest BCUT2D eigenvalue weighted by Gasteiger charge is -2.37. The fourth-order valence-corrected chi connectivity index (χ4v) is 6.80. The van der Waals surface area contributed by atoms with E-state index in [1.54, 1.807) is 80.8 Å². The van der Waals surface area contributed by atoms with Gasteiger partial charge in [-0.1, -0.05) is 61.3 Å². The standard InChI is InChI=1S/C41H46Cl2N4O7/c1-7-46-18-17-26(2)38(25-46)54-41(50)47(31-10-8-9-30(19-31)39(48)45(3)4)24-27-11-13-28(14-12-27)40(49)53-36(21-32-33(42)22-44-23-34(32)43)29-15-16-35(51-5)37(20-29)52-6/h8-16,19-20,22-23,26,36,38H,7,17-18,21,24-25H2,1-6H3/t26?,36-,38-/m0/s1. The number of piperidine rings is 1. The molecule has 4 aromatic rings. The van der Waals surface area contributed by atoms with Crippen LogP contribution in [0.3, 0.4) is 0 Å². The number of amides is 2. The Morgan fingerprint density at radius 2 is 1.63 bits per heavy atom. The van der Waals surface area contributed by atoms with E-state index in [9.17, 15) is 14.4 Å². The number of carbonyl (C=O) groups is 3. The summed E-state index contributed by atoms with van der Waals surface area (Å²) in [4.78, 5) is 49.8. The number of hydrogen-bond acceptors (Lipinski definition) is 9. The predicted molar refractivity (Wildman–Crippen MR) is 209 cm³/mol. The largest absolute Gasteiger partial charge is 0.493 e. The van der Waals surface area contributed by atoms with Crippen LogP contribution in [0, 0.1) is 5.92 Å². The molecule has 54 heavy (non-hydrogen) atoms. The first kappa shape index (κ1) is 40.3. The molecule has 1 aliphatic heterocycles. The number of methoxy groups -OCH3 is 2. The van der Waals surface area contributed by atoms with Crippen LogP contribution < -0.4 is 14.4 Å². The zero-order valence-electron chi connectivity index (χ0n) is 31.4. The number of aromatic nitrogens is 1. The molecule has 1 unspecified atom stereocenters. The van der Waals surface area contributed by atoms with Crippen molar-refractivity contribution in [3.05, 3.63) is 117 Å². The molecule has 3 atom stereocenters. The Morgan fingerprint density at radius 1 is 0.926 bits per heavy atom. The molecule has 286 valence electrons. The van der Waals surface area contributed by atoms with Crippen molar-refractivity contribution in [3.8, 4) is 11.5 Å². The van der Waals surface area contributed by atoms with Gasteiger partial charge < -0.3 is 23.8 Å². The summed E-state index contributed by atoms with van der Waals surface area (Å²) in [6, 6.07) is 19.0. The molecule has 0 N–H and O–H groups in total. The molecule has 0 spiro atoms. The third kappa shape index (κ3) is 9.82. The van der Waals surface area contributed by atoms with Crippen LogP contribution >= 0.6 is 23.2 Å². The number of esters is 1. The Hall–Kier alpha value is -4.84. The van der Waals surface area contributed by atoms with Crippen molar-refractivity contribution < 1.29 is 33.3 Å².